The highest BCUT2D eigenvalue weighted by atomic mass is 19.4. The lowest BCUT2D eigenvalue weighted by Gasteiger charge is -2.15. The van der Waals surface area contributed by atoms with Crippen LogP contribution in [0.3, 0.4) is 0 Å². The molecule has 1 rings (SSSR count). The van der Waals surface area contributed by atoms with E-state index >= 15 is 0 Å². The van der Waals surface area contributed by atoms with Crippen LogP contribution in [0.15, 0.2) is 6.20 Å². The molecule has 0 aromatic carbocycles. The van der Waals surface area contributed by atoms with Crippen molar-refractivity contribution in [3.63, 3.8) is 0 Å². The Kier molecular flexibility index (Phi) is 3.81. The molecule has 0 amide bonds. The number of aromatic nitrogens is 1. The third-order valence-electron chi connectivity index (χ3n) is 1.76. The van der Waals surface area contributed by atoms with Crippen molar-refractivity contribution in [3.8, 4) is 5.75 Å². The smallest absolute Gasteiger partial charge is 0.405 e. The monoisotopic (exact) mass is 260 g/mol. The van der Waals surface area contributed by atoms with Gasteiger partial charge in [0.05, 0.1) is 11.1 Å². The summed E-state index contributed by atoms with van der Waals surface area (Å²) in [5, 5.41) is 0. The normalized spacial score (nSPS) is 12.0. The van der Waals surface area contributed by atoms with Gasteiger partial charge in [0.25, 0.3) is 6.43 Å². The summed E-state index contributed by atoms with van der Waals surface area (Å²) in [7, 11) is 0. The SMILES string of the molecule is NCc1c(F)ncc(C(F)F)c1OC(F)(F)F. The van der Waals surface area contributed by atoms with Gasteiger partial charge in [0.1, 0.15) is 5.75 Å². The molecule has 0 atom stereocenters. The van der Waals surface area contributed by atoms with Crippen molar-refractivity contribution < 1.29 is 31.1 Å². The van der Waals surface area contributed by atoms with Crippen LogP contribution in [0, 0.1) is 5.95 Å². The van der Waals surface area contributed by atoms with Crippen LogP contribution in [0.4, 0.5) is 26.3 Å². The zero-order chi connectivity index (χ0) is 13.2. The standard InChI is InChI=1S/C8H6F6N2O/c9-6(10)4-2-16-7(11)3(1-15)5(4)17-8(12,13)14/h2,6H,1,15H2. The lowest BCUT2D eigenvalue weighted by atomic mass is 10.1. The quantitative estimate of drug-likeness (QED) is 0.671. The molecule has 0 bridgehead atoms. The van der Waals surface area contributed by atoms with Crippen molar-refractivity contribution in [2.24, 2.45) is 5.73 Å². The Morgan fingerprint density at radius 2 is 1.94 bits per heavy atom. The average molecular weight is 260 g/mol. The number of nitrogens with zero attached hydrogens (tertiary/aromatic N) is 1. The minimum absolute atomic E-state index is 0.278. The molecule has 1 aromatic rings. The molecule has 96 valence electrons. The van der Waals surface area contributed by atoms with Crippen LogP contribution in [0.1, 0.15) is 17.6 Å². The zero-order valence-corrected chi connectivity index (χ0v) is 8.06. The molecule has 17 heavy (non-hydrogen) atoms. The predicted molar refractivity (Wildman–Crippen MR) is 43.7 cm³/mol. The summed E-state index contributed by atoms with van der Waals surface area (Å²) in [6, 6.07) is 0. The van der Waals surface area contributed by atoms with Crippen molar-refractivity contribution in [1.82, 2.24) is 4.98 Å². The van der Waals surface area contributed by atoms with Crippen LogP contribution in [0.25, 0.3) is 0 Å². The number of rotatable bonds is 3. The first-order valence-electron chi connectivity index (χ1n) is 4.17. The molecule has 3 nitrogen and oxygen atoms in total. The van der Waals surface area contributed by atoms with E-state index in [1.807, 2.05) is 0 Å². The highest BCUT2D eigenvalue weighted by molar-refractivity contribution is 5.40. The fourth-order valence-electron chi connectivity index (χ4n) is 1.10. The van der Waals surface area contributed by atoms with Gasteiger partial charge in [0, 0.05) is 12.7 Å². The minimum atomic E-state index is -5.22. The van der Waals surface area contributed by atoms with Crippen LogP contribution in [0.5, 0.6) is 5.75 Å². The van der Waals surface area contributed by atoms with Crippen LogP contribution in [-0.4, -0.2) is 11.3 Å². The molecule has 0 aliphatic carbocycles. The maximum Gasteiger partial charge on any atom is 0.573 e. The number of alkyl halides is 5. The third-order valence-corrected chi connectivity index (χ3v) is 1.76. The number of hydrogen-bond donors (Lipinski definition) is 1. The van der Waals surface area contributed by atoms with Gasteiger partial charge in [-0.25, -0.2) is 13.8 Å². The van der Waals surface area contributed by atoms with Gasteiger partial charge in [0.2, 0.25) is 5.95 Å². The van der Waals surface area contributed by atoms with E-state index in [1.165, 1.54) is 0 Å². The molecule has 2 N–H and O–H groups in total. The fourth-order valence-corrected chi connectivity index (χ4v) is 1.10. The van der Waals surface area contributed by atoms with Crippen molar-refractivity contribution in [3.05, 3.63) is 23.3 Å². The predicted octanol–water partition coefficient (Wildman–Crippen LogP) is 2.52. The van der Waals surface area contributed by atoms with Gasteiger partial charge in [0.15, 0.2) is 0 Å². The van der Waals surface area contributed by atoms with Gasteiger partial charge in [-0.3, -0.25) is 0 Å². The Morgan fingerprint density at radius 3 is 2.35 bits per heavy atom. The zero-order valence-electron chi connectivity index (χ0n) is 8.06. The molecule has 0 aliphatic heterocycles. The van der Waals surface area contributed by atoms with Crippen LogP contribution < -0.4 is 10.5 Å². The van der Waals surface area contributed by atoms with Crippen LogP contribution in [0.2, 0.25) is 0 Å². The van der Waals surface area contributed by atoms with Crippen molar-refractivity contribution >= 4 is 0 Å². The number of hydrogen-bond acceptors (Lipinski definition) is 3. The Labute approximate surface area is 91.2 Å². The molecule has 0 saturated carbocycles. The number of nitrogens with two attached hydrogens (primary N) is 1. The van der Waals surface area contributed by atoms with Gasteiger partial charge in [-0.2, -0.15) is 4.39 Å². The Balaban J connectivity index is 3.34. The summed E-state index contributed by atoms with van der Waals surface area (Å²) < 4.78 is 77.1. The Bertz CT molecular complexity index is 406. The van der Waals surface area contributed by atoms with Crippen molar-refractivity contribution in [2.75, 3.05) is 0 Å². The van der Waals surface area contributed by atoms with Crippen molar-refractivity contribution in [1.29, 1.82) is 0 Å². The van der Waals surface area contributed by atoms with Gasteiger partial charge in [-0.05, 0) is 0 Å². The first-order chi connectivity index (χ1) is 7.76. The van der Waals surface area contributed by atoms with Gasteiger partial charge < -0.3 is 10.5 Å². The molecule has 0 fully saturated rings. The van der Waals surface area contributed by atoms with Gasteiger partial charge >= 0.3 is 6.36 Å². The van der Waals surface area contributed by atoms with E-state index in [0.29, 0.717) is 0 Å². The fraction of sp³-hybridized carbons (Fsp3) is 0.375. The molecule has 9 heteroatoms. The van der Waals surface area contributed by atoms with E-state index < -0.39 is 42.2 Å². The largest absolute Gasteiger partial charge is 0.573 e. The average Bonchev–Trinajstić information content (AvgIpc) is 2.15. The number of pyridine rings is 1. The van der Waals surface area contributed by atoms with Crippen LogP contribution in [-0.2, 0) is 6.54 Å². The molecule has 0 spiro atoms. The summed E-state index contributed by atoms with van der Waals surface area (Å²) in [6.07, 6.45) is -8.23. The van der Waals surface area contributed by atoms with E-state index in [1.54, 1.807) is 0 Å². The maximum absolute atomic E-state index is 13.0. The number of halogens is 6. The summed E-state index contributed by atoms with van der Waals surface area (Å²) in [5.41, 5.74) is 2.96. The topological polar surface area (TPSA) is 48.1 Å². The molecule has 0 saturated heterocycles. The van der Waals surface area contributed by atoms with Crippen molar-refractivity contribution in [2.45, 2.75) is 19.3 Å². The molecule has 0 aliphatic rings. The van der Waals surface area contributed by atoms with E-state index in [4.69, 9.17) is 5.73 Å². The molecule has 1 aromatic heterocycles. The van der Waals surface area contributed by atoms with E-state index in [2.05, 4.69) is 9.72 Å². The first kappa shape index (κ1) is 13.6. The molecular weight excluding hydrogens is 254 g/mol. The summed E-state index contributed by atoms with van der Waals surface area (Å²) in [6.45, 7) is -0.745. The Hall–Kier alpha value is -1.51. The lowest BCUT2D eigenvalue weighted by molar-refractivity contribution is -0.275. The molecule has 0 unspecified atom stereocenters. The molecule has 0 radical (unpaired) electrons. The second kappa shape index (κ2) is 4.78. The van der Waals surface area contributed by atoms with Gasteiger partial charge in [-0.1, -0.05) is 0 Å². The maximum atomic E-state index is 13.0. The Morgan fingerprint density at radius 1 is 1.35 bits per heavy atom. The third kappa shape index (κ3) is 3.22. The lowest BCUT2D eigenvalue weighted by Crippen LogP contribution is -2.21. The van der Waals surface area contributed by atoms with E-state index in [0.717, 1.165) is 0 Å². The van der Waals surface area contributed by atoms with Crippen LogP contribution >= 0.6 is 0 Å². The molecule has 1 heterocycles. The molecular formula is C8H6F6N2O. The van der Waals surface area contributed by atoms with Gasteiger partial charge in [-0.15, -0.1) is 13.2 Å². The summed E-state index contributed by atoms with van der Waals surface area (Å²) in [5.74, 6) is -2.71. The first-order valence-corrected chi connectivity index (χ1v) is 4.17. The van der Waals surface area contributed by atoms with E-state index in [-0.39, 0.29) is 6.20 Å². The number of ether oxygens (including phenoxy) is 1. The summed E-state index contributed by atoms with van der Waals surface area (Å²) in [4.78, 5) is 2.89. The second-order valence-corrected chi connectivity index (χ2v) is 2.86. The minimum Gasteiger partial charge on any atom is -0.405 e. The highest BCUT2D eigenvalue weighted by Crippen LogP contribution is 2.35. The summed E-state index contributed by atoms with van der Waals surface area (Å²) >= 11 is 0. The van der Waals surface area contributed by atoms with E-state index in [9.17, 15) is 26.3 Å². The highest BCUT2D eigenvalue weighted by Gasteiger charge is 2.35. The second-order valence-electron chi connectivity index (χ2n) is 2.86.